The predicted molar refractivity (Wildman–Crippen MR) is 92.5 cm³/mol. The highest BCUT2D eigenvalue weighted by Crippen LogP contribution is 2.17. The second kappa shape index (κ2) is 7.79. The van der Waals surface area contributed by atoms with E-state index in [1.54, 1.807) is 6.92 Å². The number of hydrogen-bond acceptors (Lipinski definition) is 7. The molecule has 0 aliphatic carbocycles. The maximum absolute atomic E-state index is 12.3. The number of aryl methyl sites for hydroxylation is 1. The van der Waals surface area contributed by atoms with Gasteiger partial charge in [0, 0.05) is 13.7 Å². The van der Waals surface area contributed by atoms with E-state index >= 15 is 0 Å². The summed E-state index contributed by atoms with van der Waals surface area (Å²) in [7, 11) is 1.50. The molecule has 0 aromatic carbocycles. The molecule has 1 aliphatic rings. The number of H-pyrrole nitrogens is 1. The Balaban J connectivity index is 2.02. The summed E-state index contributed by atoms with van der Waals surface area (Å²) in [5.41, 5.74) is -0.333. The van der Waals surface area contributed by atoms with E-state index in [2.05, 4.69) is 9.97 Å². The molecular formula is C17H21N3O6. The molecule has 26 heavy (non-hydrogen) atoms. The summed E-state index contributed by atoms with van der Waals surface area (Å²) < 4.78 is 16.9. The van der Waals surface area contributed by atoms with Crippen molar-refractivity contribution in [3.05, 3.63) is 38.2 Å². The van der Waals surface area contributed by atoms with Crippen LogP contribution in [0.2, 0.25) is 0 Å². The second-order valence-corrected chi connectivity index (χ2v) is 6.13. The molecule has 9 nitrogen and oxygen atoms in total. The maximum Gasteiger partial charge on any atom is 0.340 e. The molecular weight excluding hydrogens is 342 g/mol. The standard InChI is InChI=1S/C17H21N3O6/c1-10-12(16(22)26-7-6-24-2)8-13-14(18-10)20(17(23)19-15(13)21)9-11-4-3-5-25-11/h8,11H,3-7,9H2,1-2H3,(H,19,21,23). The zero-order valence-electron chi connectivity index (χ0n) is 14.7. The Morgan fingerprint density at radius 1 is 1.42 bits per heavy atom. The third-order valence-electron chi connectivity index (χ3n) is 4.31. The Morgan fingerprint density at radius 2 is 2.23 bits per heavy atom. The van der Waals surface area contributed by atoms with Crippen molar-refractivity contribution in [2.45, 2.75) is 32.4 Å². The predicted octanol–water partition coefficient (Wildman–Crippen LogP) is 0.375. The second-order valence-electron chi connectivity index (χ2n) is 6.13. The number of esters is 1. The number of fused-ring (bicyclic) bond motifs is 1. The van der Waals surface area contributed by atoms with Crippen LogP contribution < -0.4 is 11.2 Å². The third kappa shape index (κ3) is 3.68. The number of aromatic amines is 1. The smallest absolute Gasteiger partial charge is 0.340 e. The molecule has 0 radical (unpaired) electrons. The number of carbonyl (C=O) groups excluding carboxylic acids is 1. The molecule has 0 amide bonds. The van der Waals surface area contributed by atoms with E-state index in [1.165, 1.54) is 17.7 Å². The molecule has 9 heteroatoms. The Hall–Kier alpha value is -2.52. The number of nitrogens with one attached hydrogen (secondary N) is 1. The van der Waals surface area contributed by atoms with Crippen LogP contribution in [0.3, 0.4) is 0 Å². The van der Waals surface area contributed by atoms with Gasteiger partial charge in [-0.2, -0.15) is 0 Å². The lowest BCUT2D eigenvalue weighted by Crippen LogP contribution is -2.34. The van der Waals surface area contributed by atoms with Crippen molar-refractivity contribution in [3.8, 4) is 0 Å². The molecule has 0 spiro atoms. The summed E-state index contributed by atoms with van der Waals surface area (Å²) in [6, 6.07) is 1.41. The molecule has 0 saturated carbocycles. The quantitative estimate of drug-likeness (QED) is 0.583. The molecule has 1 saturated heterocycles. The topological polar surface area (TPSA) is 113 Å². The molecule has 2 aromatic heterocycles. The number of ether oxygens (including phenoxy) is 3. The molecule has 1 atom stereocenters. The zero-order valence-corrected chi connectivity index (χ0v) is 14.7. The van der Waals surface area contributed by atoms with E-state index in [0.29, 0.717) is 18.8 Å². The Labute approximate surface area is 148 Å². The summed E-state index contributed by atoms with van der Waals surface area (Å²) in [5, 5.41) is 0.159. The van der Waals surface area contributed by atoms with Gasteiger partial charge in [0.2, 0.25) is 0 Å². The number of carbonyl (C=O) groups is 1. The van der Waals surface area contributed by atoms with Gasteiger partial charge in [0.15, 0.2) is 0 Å². The van der Waals surface area contributed by atoms with Gasteiger partial charge in [-0.1, -0.05) is 0 Å². The van der Waals surface area contributed by atoms with Crippen molar-refractivity contribution in [2.75, 3.05) is 26.9 Å². The molecule has 1 aliphatic heterocycles. The van der Waals surface area contributed by atoms with Crippen molar-refractivity contribution in [2.24, 2.45) is 0 Å². The molecule has 1 fully saturated rings. The van der Waals surface area contributed by atoms with Gasteiger partial charge in [-0.05, 0) is 25.8 Å². The lowest BCUT2D eigenvalue weighted by molar-refractivity contribution is 0.0387. The van der Waals surface area contributed by atoms with Gasteiger partial charge in [0.05, 0.1) is 35.9 Å². The largest absolute Gasteiger partial charge is 0.460 e. The van der Waals surface area contributed by atoms with Crippen molar-refractivity contribution in [1.29, 1.82) is 0 Å². The van der Waals surface area contributed by atoms with Gasteiger partial charge >= 0.3 is 11.7 Å². The highest BCUT2D eigenvalue weighted by Gasteiger charge is 2.21. The van der Waals surface area contributed by atoms with Crippen LogP contribution in [0.4, 0.5) is 0 Å². The average molecular weight is 363 g/mol. The van der Waals surface area contributed by atoms with Crippen LogP contribution in [0.25, 0.3) is 11.0 Å². The number of methoxy groups -OCH3 is 1. The van der Waals surface area contributed by atoms with Crippen LogP contribution in [-0.2, 0) is 20.8 Å². The number of nitrogens with zero attached hydrogens (tertiary/aromatic N) is 2. The summed E-state index contributed by atoms with van der Waals surface area (Å²) >= 11 is 0. The minimum absolute atomic E-state index is 0.0948. The molecule has 1 unspecified atom stereocenters. The van der Waals surface area contributed by atoms with Crippen LogP contribution in [0.5, 0.6) is 0 Å². The first-order chi connectivity index (χ1) is 12.5. The Morgan fingerprint density at radius 3 is 2.92 bits per heavy atom. The van der Waals surface area contributed by atoms with Crippen molar-refractivity contribution < 1.29 is 19.0 Å². The van der Waals surface area contributed by atoms with E-state index in [-0.39, 0.29) is 35.9 Å². The SMILES string of the molecule is COCCOC(=O)c1cc2c(=O)[nH]c(=O)n(CC3CCCO3)c2nc1C. The van der Waals surface area contributed by atoms with Crippen molar-refractivity contribution >= 4 is 17.0 Å². The van der Waals surface area contributed by atoms with E-state index in [1.807, 2.05) is 0 Å². The lowest BCUT2D eigenvalue weighted by Gasteiger charge is -2.14. The van der Waals surface area contributed by atoms with E-state index in [9.17, 15) is 14.4 Å². The fraction of sp³-hybridized carbons (Fsp3) is 0.529. The molecule has 3 heterocycles. The summed E-state index contributed by atoms with van der Waals surface area (Å²) in [5.74, 6) is -0.592. The van der Waals surface area contributed by atoms with Crippen LogP contribution in [0, 0.1) is 6.92 Å². The third-order valence-corrected chi connectivity index (χ3v) is 4.31. The average Bonchev–Trinajstić information content (AvgIpc) is 3.11. The van der Waals surface area contributed by atoms with Crippen LogP contribution >= 0.6 is 0 Å². The number of pyridine rings is 1. The lowest BCUT2D eigenvalue weighted by atomic mass is 10.1. The van der Waals surface area contributed by atoms with Crippen LogP contribution in [0.15, 0.2) is 15.7 Å². The van der Waals surface area contributed by atoms with Gasteiger partial charge < -0.3 is 14.2 Å². The minimum Gasteiger partial charge on any atom is -0.460 e. The first-order valence-corrected chi connectivity index (χ1v) is 8.43. The first-order valence-electron chi connectivity index (χ1n) is 8.43. The fourth-order valence-corrected chi connectivity index (χ4v) is 2.96. The summed E-state index contributed by atoms with van der Waals surface area (Å²) in [6.45, 7) is 2.96. The number of aromatic nitrogens is 3. The summed E-state index contributed by atoms with van der Waals surface area (Å²) in [6.07, 6.45) is 1.68. The Kier molecular flexibility index (Phi) is 5.48. The maximum atomic E-state index is 12.3. The monoisotopic (exact) mass is 363 g/mol. The van der Waals surface area contributed by atoms with Crippen LogP contribution in [-0.4, -0.2) is 53.5 Å². The number of rotatable bonds is 6. The molecule has 0 bridgehead atoms. The van der Waals surface area contributed by atoms with Gasteiger partial charge in [-0.15, -0.1) is 0 Å². The van der Waals surface area contributed by atoms with Crippen LogP contribution in [0.1, 0.15) is 28.9 Å². The highest BCUT2D eigenvalue weighted by atomic mass is 16.6. The fourth-order valence-electron chi connectivity index (χ4n) is 2.96. The molecule has 2 aromatic rings. The number of hydrogen-bond donors (Lipinski definition) is 1. The molecule has 1 N–H and O–H groups in total. The minimum atomic E-state index is -0.592. The Bertz CT molecular complexity index is 926. The van der Waals surface area contributed by atoms with Gasteiger partial charge in [0.1, 0.15) is 12.3 Å². The van der Waals surface area contributed by atoms with Gasteiger partial charge in [-0.3, -0.25) is 14.3 Å². The van der Waals surface area contributed by atoms with E-state index in [4.69, 9.17) is 14.2 Å². The summed E-state index contributed by atoms with van der Waals surface area (Å²) in [4.78, 5) is 43.3. The first kappa shape index (κ1) is 18.3. The molecule has 140 valence electrons. The zero-order chi connectivity index (χ0) is 18.7. The van der Waals surface area contributed by atoms with Gasteiger partial charge in [-0.25, -0.2) is 14.6 Å². The van der Waals surface area contributed by atoms with Crippen molar-refractivity contribution in [1.82, 2.24) is 14.5 Å². The molecule has 3 rings (SSSR count). The van der Waals surface area contributed by atoms with E-state index < -0.39 is 17.2 Å². The highest BCUT2D eigenvalue weighted by molar-refractivity contribution is 5.94. The van der Waals surface area contributed by atoms with E-state index in [0.717, 1.165) is 12.8 Å². The van der Waals surface area contributed by atoms with Crippen molar-refractivity contribution in [3.63, 3.8) is 0 Å². The normalized spacial score (nSPS) is 16.9. The van der Waals surface area contributed by atoms with Gasteiger partial charge in [0.25, 0.3) is 5.56 Å².